The number of nitrogens with two attached hydrogens (primary N) is 1. The Balaban J connectivity index is 2.86. The second kappa shape index (κ2) is 5.00. The highest BCUT2D eigenvalue weighted by Gasteiger charge is 2.05. The van der Waals surface area contributed by atoms with Crippen molar-refractivity contribution in [2.24, 2.45) is 5.73 Å². The van der Waals surface area contributed by atoms with E-state index in [1.165, 1.54) is 12.1 Å². The number of nitriles is 1. The van der Waals surface area contributed by atoms with Gasteiger partial charge in [0.05, 0.1) is 11.3 Å². The summed E-state index contributed by atoms with van der Waals surface area (Å²) in [5.74, 6) is -0.314. The zero-order chi connectivity index (χ0) is 12.1. The van der Waals surface area contributed by atoms with Gasteiger partial charge in [-0.05, 0) is 18.2 Å². The van der Waals surface area contributed by atoms with Crippen molar-refractivity contribution in [3.05, 3.63) is 28.8 Å². The predicted octanol–water partition coefficient (Wildman–Crippen LogP) is 1.23. The van der Waals surface area contributed by atoms with E-state index in [-0.39, 0.29) is 11.5 Å². The van der Waals surface area contributed by atoms with Crippen molar-refractivity contribution < 1.29 is 4.79 Å². The molecule has 5 N–H and O–H groups in total. The molecule has 0 aromatic heterocycles. The SMILES string of the molecule is N#Cc1cc(Cl)ccc1NC(=N)NC(N)=O. The van der Waals surface area contributed by atoms with Crippen LogP contribution in [0.2, 0.25) is 5.02 Å². The van der Waals surface area contributed by atoms with Crippen molar-refractivity contribution in [3.8, 4) is 6.07 Å². The number of amides is 2. The number of urea groups is 1. The molecule has 16 heavy (non-hydrogen) atoms. The van der Waals surface area contributed by atoms with E-state index in [1.54, 1.807) is 6.07 Å². The maximum atomic E-state index is 10.5. The molecule has 0 aliphatic heterocycles. The maximum Gasteiger partial charge on any atom is 0.318 e. The minimum Gasteiger partial charge on any atom is -0.351 e. The molecule has 0 fully saturated rings. The summed E-state index contributed by atoms with van der Waals surface area (Å²) in [6.07, 6.45) is 0. The molecule has 7 heteroatoms. The van der Waals surface area contributed by atoms with E-state index in [9.17, 15) is 4.79 Å². The summed E-state index contributed by atoms with van der Waals surface area (Å²) < 4.78 is 0. The van der Waals surface area contributed by atoms with Crippen LogP contribution in [0.25, 0.3) is 0 Å². The average molecular weight is 238 g/mol. The molecular weight excluding hydrogens is 230 g/mol. The van der Waals surface area contributed by atoms with E-state index in [2.05, 4.69) is 5.32 Å². The number of guanidine groups is 1. The fraction of sp³-hybridized carbons (Fsp3) is 0. The first kappa shape index (κ1) is 11.8. The number of primary amides is 1. The molecule has 1 aromatic carbocycles. The molecule has 6 nitrogen and oxygen atoms in total. The Morgan fingerprint density at radius 1 is 1.56 bits per heavy atom. The van der Waals surface area contributed by atoms with Gasteiger partial charge in [0.2, 0.25) is 5.96 Å². The van der Waals surface area contributed by atoms with Crippen molar-refractivity contribution in [2.45, 2.75) is 0 Å². The van der Waals surface area contributed by atoms with Gasteiger partial charge in [0, 0.05) is 5.02 Å². The molecule has 1 aromatic rings. The number of nitrogens with zero attached hydrogens (tertiary/aromatic N) is 1. The van der Waals surface area contributed by atoms with E-state index in [1.807, 2.05) is 11.4 Å². The largest absolute Gasteiger partial charge is 0.351 e. The smallest absolute Gasteiger partial charge is 0.318 e. The Labute approximate surface area is 96.5 Å². The Kier molecular flexibility index (Phi) is 3.69. The molecule has 0 aliphatic rings. The first-order valence-electron chi connectivity index (χ1n) is 4.14. The van der Waals surface area contributed by atoms with Gasteiger partial charge in [-0.3, -0.25) is 10.7 Å². The minimum absolute atomic E-state index is 0.267. The topological polar surface area (TPSA) is 115 Å². The highest BCUT2D eigenvalue weighted by molar-refractivity contribution is 6.30. The lowest BCUT2D eigenvalue weighted by Crippen LogP contribution is -2.38. The van der Waals surface area contributed by atoms with Crippen LogP contribution < -0.4 is 16.4 Å². The summed E-state index contributed by atoms with van der Waals surface area (Å²) in [4.78, 5) is 10.5. The summed E-state index contributed by atoms with van der Waals surface area (Å²) in [7, 11) is 0. The fourth-order valence-corrected chi connectivity index (χ4v) is 1.18. The summed E-state index contributed by atoms with van der Waals surface area (Å²) in [6, 6.07) is 5.58. The quantitative estimate of drug-likeness (QED) is 0.435. The minimum atomic E-state index is -0.857. The Bertz CT molecular complexity index is 479. The van der Waals surface area contributed by atoms with Crippen LogP contribution in [0.3, 0.4) is 0 Å². The second-order valence-electron chi connectivity index (χ2n) is 2.79. The van der Waals surface area contributed by atoms with Crippen LogP contribution in [0, 0.1) is 16.7 Å². The molecule has 0 aliphatic carbocycles. The zero-order valence-corrected chi connectivity index (χ0v) is 8.80. The number of anilines is 1. The van der Waals surface area contributed by atoms with Crippen molar-refractivity contribution in [1.29, 1.82) is 10.7 Å². The van der Waals surface area contributed by atoms with Crippen molar-refractivity contribution in [3.63, 3.8) is 0 Å². The number of benzene rings is 1. The van der Waals surface area contributed by atoms with Crippen molar-refractivity contribution >= 4 is 29.3 Å². The number of carbonyl (C=O) groups excluding carboxylic acids is 1. The number of halogens is 1. The van der Waals surface area contributed by atoms with Gasteiger partial charge in [-0.1, -0.05) is 11.6 Å². The first-order chi connectivity index (χ1) is 7.52. The number of carbonyl (C=O) groups is 1. The van der Waals surface area contributed by atoms with Crippen LogP contribution in [0.1, 0.15) is 5.56 Å². The molecule has 2 amide bonds. The number of rotatable bonds is 1. The van der Waals surface area contributed by atoms with Crippen LogP contribution in [0.4, 0.5) is 10.5 Å². The lowest BCUT2D eigenvalue weighted by atomic mass is 10.2. The maximum absolute atomic E-state index is 10.5. The summed E-state index contributed by atoms with van der Waals surface area (Å²) >= 11 is 5.69. The van der Waals surface area contributed by atoms with E-state index in [0.29, 0.717) is 10.7 Å². The standard InChI is InChI=1S/C9H8ClN5O/c10-6-1-2-7(5(3-6)4-11)14-8(12)15-9(13)16/h1-3H,(H5,12,13,14,15,16). The average Bonchev–Trinajstić information content (AvgIpc) is 2.19. The van der Waals surface area contributed by atoms with Gasteiger partial charge >= 0.3 is 6.03 Å². The lowest BCUT2D eigenvalue weighted by Gasteiger charge is -2.09. The fourth-order valence-electron chi connectivity index (χ4n) is 1.01. The summed E-state index contributed by atoms with van der Waals surface area (Å²) in [5, 5.41) is 21.1. The normalized spacial score (nSPS) is 9.00. The Morgan fingerprint density at radius 3 is 2.81 bits per heavy atom. The molecule has 0 bridgehead atoms. The van der Waals surface area contributed by atoms with Crippen LogP contribution >= 0.6 is 11.6 Å². The van der Waals surface area contributed by atoms with Crippen LogP contribution in [0.15, 0.2) is 18.2 Å². The monoisotopic (exact) mass is 237 g/mol. The molecule has 0 atom stereocenters. The number of nitrogens with one attached hydrogen (secondary N) is 3. The molecule has 1 rings (SSSR count). The highest BCUT2D eigenvalue weighted by Crippen LogP contribution is 2.19. The molecule has 0 radical (unpaired) electrons. The van der Waals surface area contributed by atoms with Gasteiger partial charge in [0.15, 0.2) is 0 Å². The zero-order valence-electron chi connectivity index (χ0n) is 8.04. The van der Waals surface area contributed by atoms with Crippen LogP contribution in [-0.4, -0.2) is 12.0 Å². The molecule has 0 heterocycles. The predicted molar refractivity (Wildman–Crippen MR) is 60.2 cm³/mol. The molecule has 82 valence electrons. The Morgan fingerprint density at radius 2 is 2.25 bits per heavy atom. The van der Waals surface area contributed by atoms with Gasteiger partial charge < -0.3 is 11.1 Å². The molecule has 0 unspecified atom stereocenters. The third-order valence-electron chi connectivity index (χ3n) is 1.61. The molecule has 0 saturated heterocycles. The van der Waals surface area contributed by atoms with Gasteiger partial charge in [0.1, 0.15) is 6.07 Å². The van der Waals surface area contributed by atoms with Crippen LogP contribution in [0.5, 0.6) is 0 Å². The van der Waals surface area contributed by atoms with Gasteiger partial charge in [-0.2, -0.15) is 5.26 Å². The molecular formula is C9H8ClN5O. The molecule has 0 spiro atoms. The molecule has 0 saturated carbocycles. The van der Waals surface area contributed by atoms with Crippen molar-refractivity contribution in [2.75, 3.05) is 5.32 Å². The third kappa shape index (κ3) is 3.15. The summed E-state index contributed by atoms with van der Waals surface area (Å²) in [6.45, 7) is 0. The van der Waals surface area contributed by atoms with E-state index in [4.69, 9.17) is 28.0 Å². The number of hydrogen-bond donors (Lipinski definition) is 4. The summed E-state index contributed by atoms with van der Waals surface area (Å²) in [5.41, 5.74) is 5.46. The van der Waals surface area contributed by atoms with Crippen molar-refractivity contribution in [1.82, 2.24) is 5.32 Å². The van der Waals surface area contributed by atoms with E-state index >= 15 is 0 Å². The number of hydrogen-bond acceptors (Lipinski definition) is 3. The van der Waals surface area contributed by atoms with Gasteiger partial charge in [-0.25, -0.2) is 4.79 Å². The van der Waals surface area contributed by atoms with Gasteiger partial charge in [-0.15, -0.1) is 0 Å². The third-order valence-corrected chi connectivity index (χ3v) is 1.85. The second-order valence-corrected chi connectivity index (χ2v) is 3.23. The first-order valence-corrected chi connectivity index (χ1v) is 4.52. The van der Waals surface area contributed by atoms with E-state index < -0.39 is 6.03 Å². The van der Waals surface area contributed by atoms with Gasteiger partial charge in [0.25, 0.3) is 0 Å². The Hall–Kier alpha value is -2.26. The lowest BCUT2D eigenvalue weighted by molar-refractivity contribution is 0.253. The van der Waals surface area contributed by atoms with Crippen LogP contribution in [-0.2, 0) is 0 Å². The van der Waals surface area contributed by atoms with E-state index in [0.717, 1.165) is 0 Å². The highest BCUT2D eigenvalue weighted by atomic mass is 35.5.